The van der Waals surface area contributed by atoms with Gasteiger partial charge in [-0.1, -0.05) is 23.7 Å². The van der Waals surface area contributed by atoms with Gasteiger partial charge in [0, 0.05) is 17.3 Å². The monoisotopic (exact) mass is 305 g/mol. The third kappa shape index (κ3) is 3.72. The van der Waals surface area contributed by atoms with Crippen LogP contribution in [0.4, 0.5) is 13.2 Å². The van der Waals surface area contributed by atoms with Crippen molar-refractivity contribution >= 4 is 22.9 Å². The van der Waals surface area contributed by atoms with E-state index in [1.807, 2.05) is 6.07 Å². The zero-order valence-electron chi connectivity index (χ0n) is 9.75. The zero-order chi connectivity index (χ0) is 14.0. The summed E-state index contributed by atoms with van der Waals surface area (Å²) in [6.45, 7) is 0. The molecule has 0 saturated carbocycles. The molecular formula is C13H11ClF3NS. The quantitative estimate of drug-likeness (QED) is 0.876. The van der Waals surface area contributed by atoms with Gasteiger partial charge in [-0.25, -0.2) is 0 Å². The first-order valence-corrected chi connectivity index (χ1v) is 6.72. The Labute approximate surface area is 117 Å². The van der Waals surface area contributed by atoms with Gasteiger partial charge in [-0.2, -0.15) is 13.2 Å². The molecule has 0 saturated heterocycles. The second-order valence-corrected chi connectivity index (χ2v) is 5.94. The molecule has 1 aromatic heterocycles. The van der Waals surface area contributed by atoms with E-state index in [2.05, 4.69) is 0 Å². The van der Waals surface area contributed by atoms with E-state index < -0.39 is 11.7 Å². The Hall–Kier alpha value is -1.04. The molecule has 1 atom stereocenters. The van der Waals surface area contributed by atoms with E-state index >= 15 is 0 Å². The molecule has 0 bridgehead atoms. The molecule has 19 heavy (non-hydrogen) atoms. The summed E-state index contributed by atoms with van der Waals surface area (Å²) in [6.07, 6.45) is -3.76. The van der Waals surface area contributed by atoms with Crippen molar-refractivity contribution in [2.45, 2.75) is 18.6 Å². The Balaban J connectivity index is 2.09. The molecule has 0 aliphatic heterocycles. The number of nitrogens with two attached hydrogens (primary N) is 1. The van der Waals surface area contributed by atoms with Gasteiger partial charge < -0.3 is 5.73 Å². The number of thiophene rings is 1. The van der Waals surface area contributed by atoms with Crippen molar-refractivity contribution in [1.82, 2.24) is 0 Å². The van der Waals surface area contributed by atoms with Crippen LogP contribution in [-0.2, 0) is 12.6 Å². The Kier molecular flexibility index (Phi) is 4.18. The maximum atomic E-state index is 12.4. The highest BCUT2D eigenvalue weighted by Gasteiger charge is 2.30. The minimum Gasteiger partial charge on any atom is -0.324 e. The van der Waals surface area contributed by atoms with Crippen LogP contribution in [0, 0.1) is 0 Å². The summed E-state index contributed by atoms with van der Waals surface area (Å²) in [7, 11) is 0. The highest BCUT2D eigenvalue weighted by molar-refractivity contribution is 7.16. The summed E-state index contributed by atoms with van der Waals surface area (Å²) in [5.74, 6) is 0. The van der Waals surface area contributed by atoms with E-state index in [1.54, 1.807) is 6.07 Å². The van der Waals surface area contributed by atoms with Crippen LogP contribution in [0.3, 0.4) is 0 Å². The molecular weight excluding hydrogens is 295 g/mol. The third-order valence-electron chi connectivity index (χ3n) is 2.72. The fraction of sp³-hybridized carbons (Fsp3) is 0.231. The summed E-state index contributed by atoms with van der Waals surface area (Å²) in [6, 6.07) is 8.26. The van der Waals surface area contributed by atoms with Crippen molar-refractivity contribution in [2.24, 2.45) is 5.73 Å². The van der Waals surface area contributed by atoms with Gasteiger partial charge in [0.1, 0.15) is 0 Å². The minimum atomic E-state index is -4.32. The first-order valence-electron chi connectivity index (χ1n) is 5.53. The number of hydrogen-bond donors (Lipinski definition) is 1. The highest BCUT2D eigenvalue weighted by Crippen LogP contribution is 2.30. The van der Waals surface area contributed by atoms with Gasteiger partial charge in [-0.05, 0) is 29.8 Å². The predicted molar refractivity (Wildman–Crippen MR) is 71.4 cm³/mol. The van der Waals surface area contributed by atoms with E-state index in [4.69, 9.17) is 17.3 Å². The van der Waals surface area contributed by atoms with Crippen LogP contribution in [0.25, 0.3) is 0 Å². The normalized spacial score (nSPS) is 13.5. The van der Waals surface area contributed by atoms with Crippen LogP contribution in [0.15, 0.2) is 36.4 Å². The van der Waals surface area contributed by atoms with E-state index in [9.17, 15) is 13.2 Å². The molecule has 1 nitrogen and oxygen atoms in total. The van der Waals surface area contributed by atoms with E-state index in [0.29, 0.717) is 16.3 Å². The largest absolute Gasteiger partial charge is 0.416 e. The van der Waals surface area contributed by atoms with Gasteiger partial charge in [0.05, 0.1) is 9.90 Å². The number of alkyl halides is 3. The lowest BCUT2D eigenvalue weighted by Crippen LogP contribution is -2.13. The fourth-order valence-corrected chi connectivity index (χ4v) is 2.86. The van der Waals surface area contributed by atoms with Crippen molar-refractivity contribution in [3.8, 4) is 0 Å². The molecule has 1 heterocycles. The van der Waals surface area contributed by atoms with Crippen LogP contribution in [-0.4, -0.2) is 0 Å². The first-order chi connectivity index (χ1) is 8.86. The molecule has 0 spiro atoms. The van der Waals surface area contributed by atoms with Crippen LogP contribution in [0.1, 0.15) is 22.0 Å². The molecule has 1 aromatic carbocycles. The lowest BCUT2D eigenvalue weighted by molar-refractivity contribution is -0.137. The van der Waals surface area contributed by atoms with Gasteiger partial charge in [-0.3, -0.25) is 0 Å². The standard InChI is InChI=1S/C13H11ClF3NS/c14-12-6-5-10(19-12)7-11(18)8-1-3-9(4-2-8)13(15,16)17/h1-6,11H,7,18H2. The second kappa shape index (κ2) is 5.53. The molecule has 0 aliphatic rings. The number of halogens is 4. The molecule has 1 unspecified atom stereocenters. The molecule has 6 heteroatoms. The topological polar surface area (TPSA) is 26.0 Å². The summed E-state index contributed by atoms with van der Waals surface area (Å²) >= 11 is 7.24. The van der Waals surface area contributed by atoms with Gasteiger partial charge in [0.15, 0.2) is 0 Å². The molecule has 0 fully saturated rings. The minimum absolute atomic E-state index is 0.336. The molecule has 0 aliphatic carbocycles. The molecule has 2 rings (SSSR count). The smallest absolute Gasteiger partial charge is 0.324 e. The highest BCUT2D eigenvalue weighted by atomic mass is 35.5. The van der Waals surface area contributed by atoms with Crippen LogP contribution >= 0.6 is 22.9 Å². The van der Waals surface area contributed by atoms with Crippen LogP contribution in [0.5, 0.6) is 0 Å². The van der Waals surface area contributed by atoms with E-state index in [1.165, 1.54) is 23.5 Å². The number of rotatable bonds is 3. The van der Waals surface area contributed by atoms with Gasteiger partial charge >= 0.3 is 6.18 Å². The maximum Gasteiger partial charge on any atom is 0.416 e. The Morgan fingerprint density at radius 3 is 2.21 bits per heavy atom. The van der Waals surface area contributed by atoms with Crippen molar-refractivity contribution in [2.75, 3.05) is 0 Å². The summed E-state index contributed by atoms with van der Waals surface area (Å²) in [5, 5.41) is 0. The van der Waals surface area contributed by atoms with Crippen LogP contribution < -0.4 is 5.73 Å². The van der Waals surface area contributed by atoms with Crippen molar-refractivity contribution in [1.29, 1.82) is 0 Å². The maximum absolute atomic E-state index is 12.4. The van der Waals surface area contributed by atoms with Crippen LogP contribution in [0.2, 0.25) is 4.34 Å². The van der Waals surface area contributed by atoms with Crippen molar-refractivity contribution < 1.29 is 13.2 Å². The Bertz CT molecular complexity index is 548. The molecule has 0 radical (unpaired) electrons. The average molecular weight is 306 g/mol. The number of benzene rings is 1. The SMILES string of the molecule is NC(Cc1ccc(Cl)s1)c1ccc(C(F)(F)F)cc1. The van der Waals surface area contributed by atoms with Gasteiger partial charge in [0.25, 0.3) is 0 Å². The predicted octanol–water partition coefficient (Wildman–Crippen LogP) is 4.66. The first kappa shape index (κ1) is 14.4. The molecule has 102 valence electrons. The van der Waals surface area contributed by atoms with Gasteiger partial charge in [0.2, 0.25) is 0 Å². The van der Waals surface area contributed by atoms with E-state index in [0.717, 1.165) is 17.0 Å². The van der Waals surface area contributed by atoms with Crippen molar-refractivity contribution in [3.63, 3.8) is 0 Å². The molecule has 2 N–H and O–H groups in total. The lowest BCUT2D eigenvalue weighted by Gasteiger charge is -2.12. The fourth-order valence-electron chi connectivity index (χ4n) is 1.72. The Morgan fingerprint density at radius 2 is 1.74 bits per heavy atom. The average Bonchev–Trinajstić information content (AvgIpc) is 2.74. The van der Waals surface area contributed by atoms with E-state index in [-0.39, 0.29) is 6.04 Å². The van der Waals surface area contributed by atoms with Crippen molar-refractivity contribution in [3.05, 3.63) is 56.7 Å². The number of hydrogen-bond acceptors (Lipinski definition) is 2. The summed E-state index contributed by atoms with van der Waals surface area (Å²) < 4.78 is 38.0. The second-order valence-electron chi connectivity index (χ2n) is 4.14. The lowest BCUT2D eigenvalue weighted by atomic mass is 10.0. The molecule has 2 aromatic rings. The molecule has 0 amide bonds. The van der Waals surface area contributed by atoms with Gasteiger partial charge in [-0.15, -0.1) is 11.3 Å². The summed E-state index contributed by atoms with van der Waals surface area (Å²) in [4.78, 5) is 1.01. The third-order valence-corrected chi connectivity index (χ3v) is 3.97. The summed E-state index contributed by atoms with van der Waals surface area (Å²) in [5.41, 5.74) is 5.99. The Morgan fingerprint density at radius 1 is 1.11 bits per heavy atom. The zero-order valence-corrected chi connectivity index (χ0v) is 11.3.